The Morgan fingerprint density at radius 1 is 1.30 bits per heavy atom. The monoisotopic (exact) mass is 482 g/mol. The fraction of sp³-hybridized carbons (Fsp3) is 0.368. The lowest BCUT2D eigenvalue weighted by atomic mass is 10.0. The van der Waals surface area contributed by atoms with Gasteiger partial charge >= 0.3 is 0 Å². The van der Waals surface area contributed by atoms with Crippen molar-refractivity contribution >= 4 is 34.1 Å². The second-order valence-corrected chi connectivity index (χ2v) is 7.71. The topological polar surface area (TPSA) is 62.9 Å². The van der Waals surface area contributed by atoms with Gasteiger partial charge in [-0.05, 0) is 52.8 Å². The van der Waals surface area contributed by atoms with Crippen LogP contribution in [0.3, 0.4) is 0 Å². The first-order chi connectivity index (χ1) is 13.1. The van der Waals surface area contributed by atoms with Gasteiger partial charge in [0.05, 0.1) is 34.8 Å². The van der Waals surface area contributed by atoms with Gasteiger partial charge in [-0.15, -0.1) is 5.10 Å². The Morgan fingerprint density at radius 2 is 2.07 bits per heavy atom. The minimum atomic E-state index is -0.233. The summed E-state index contributed by atoms with van der Waals surface area (Å²) in [7, 11) is 0. The second kappa shape index (κ2) is 7.69. The molecule has 2 aromatic heterocycles. The van der Waals surface area contributed by atoms with Gasteiger partial charge in [0.2, 0.25) is 0 Å². The fourth-order valence-corrected chi connectivity index (χ4v) is 3.96. The number of morpholine rings is 1. The van der Waals surface area contributed by atoms with Crippen LogP contribution >= 0.6 is 22.6 Å². The van der Waals surface area contributed by atoms with Gasteiger partial charge in [0, 0.05) is 19.5 Å². The zero-order chi connectivity index (χ0) is 19.0. The lowest BCUT2D eigenvalue weighted by Crippen LogP contribution is -2.37. The summed E-state index contributed by atoms with van der Waals surface area (Å²) in [5.74, 6) is 0.623. The predicted octanol–water partition coefficient (Wildman–Crippen LogP) is 2.70. The minimum Gasteiger partial charge on any atom is -0.390 e. The van der Waals surface area contributed by atoms with Crippen LogP contribution in [-0.2, 0) is 17.8 Å². The number of anilines is 1. The summed E-state index contributed by atoms with van der Waals surface area (Å²) in [6.07, 6.45) is 0.455. The van der Waals surface area contributed by atoms with Crippen molar-refractivity contribution < 1.29 is 14.2 Å². The van der Waals surface area contributed by atoms with Crippen LogP contribution in [0.25, 0.3) is 5.65 Å². The van der Waals surface area contributed by atoms with Gasteiger partial charge in [-0.25, -0.2) is 13.9 Å². The number of rotatable bonds is 4. The Bertz CT molecular complexity index is 985. The first-order valence-electron chi connectivity index (χ1n) is 8.83. The summed E-state index contributed by atoms with van der Waals surface area (Å²) >= 11 is 2.25. The van der Waals surface area contributed by atoms with Gasteiger partial charge in [-0.3, -0.25) is 0 Å². The maximum absolute atomic E-state index is 14.0. The average molecular weight is 482 g/mol. The van der Waals surface area contributed by atoms with E-state index in [0.29, 0.717) is 36.5 Å². The summed E-state index contributed by atoms with van der Waals surface area (Å²) in [6.45, 7) is 4.51. The molecule has 4 rings (SSSR count). The molecular weight excluding hydrogens is 462 g/mol. The molecule has 0 amide bonds. The van der Waals surface area contributed by atoms with E-state index in [2.05, 4.69) is 32.5 Å². The third-order valence-electron chi connectivity index (χ3n) is 4.92. The van der Waals surface area contributed by atoms with Crippen LogP contribution in [-0.4, -0.2) is 46.0 Å². The highest BCUT2D eigenvalue weighted by Gasteiger charge is 2.20. The standard InChI is InChI=1S/C19H20FIN4O2/c1-12-13(3-2-4-14(12)20)9-17-16(11-26)22-19-15(21)10-18(23-25(17)19)24-5-7-27-8-6-24/h2-4,10,26H,5-9,11H2,1H3. The molecule has 1 N–H and O–H groups in total. The van der Waals surface area contributed by atoms with E-state index in [9.17, 15) is 9.50 Å². The molecule has 3 aromatic rings. The molecule has 0 saturated carbocycles. The molecule has 0 radical (unpaired) electrons. The van der Waals surface area contributed by atoms with E-state index in [1.165, 1.54) is 6.07 Å². The van der Waals surface area contributed by atoms with Crippen LogP contribution in [0.1, 0.15) is 22.5 Å². The van der Waals surface area contributed by atoms with Gasteiger partial charge < -0.3 is 14.7 Å². The van der Waals surface area contributed by atoms with Crippen molar-refractivity contribution in [3.05, 3.63) is 56.2 Å². The Morgan fingerprint density at radius 3 is 2.81 bits per heavy atom. The summed E-state index contributed by atoms with van der Waals surface area (Å²) in [4.78, 5) is 6.75. The number of halogens is 2. The number of imidazole rings is 1. The molecule has 1 aromatic carbocycles. The van der Waals surface area contributed by atoms with Gasteiger partial charge in [0.15, 0.2) is 11.5 Å². The largest absolute Gasteiger partial charge is 0.390 e. The fourth-order valence-electron chi connectivity index (χ4n) is 3.34. The molecule has 27 heavy (non-hydrogen) atoms. The van der Waals surface area contributed by atoms with E-state index in [1.807, 2.05) is 12.1 Å². The highest BCUT2D eigenvalue weighted by atomic mass is 127. The predicted molar refractivity (Wildman–Crippen MR) is 109 cm³/mol. The molecular formula is C19H20FIN4O2. The maximum Gasteiger partial charge on any atom is 0.167 e. The molecule has 1 aliphatic heterocycles. The number of fused-ring (bicyclic) bond motifs is 1. The first-order valence-corrected chi connectivity index (χ1v) is 9.91. The zero-order valence-corrected chi connectivity index (χ0v) is 17.1. The molecule has 0 unspecified atom stereocenters. The van der Waals surface area contributed by atoms with Gasteiger partial charge in [-0.1, -0.05) is 12.1 Å². The van der Waals surface area contributed by atoms with Crippen molar-refractivity contribution in [3.63, 3.8) is 0 Å². The third-order valence-corrected chi connectivity index (χ3v) is 5.72. The Balaban J connectivity index is 1.82. The molecule has 0 atom stereocenters. The summed E-state index contributed by atoms with van der Waals surface area (Å²) in [6, 6.07) is 7.07. The number of aromatic nitrogens is 3. The highest BCUT2D eigenvalue weighted by Crippen LogP contribution is 2.25. The number of benzene rings is 1. The van der Waals surface area contributed by atoms with Crippen LogP contribution < -0.4 is 4.90 Å². The second-order valence-electron chi connectivity index (χ2n) is 6.55. The van der Waals surface area contributed by atoms with E-state index in [1.54, 1.807) is 17.5 Å². The summed E-state index contributed by atoms with van der Waals surface area (Å²) in [5.41, 5.74) is 3.54. The SMILES string of the molecule is Cc1c(F)cccc1Cc1c(CO)nc2c(I)cc(N3CCOCC3)nn12. The molecule has 142 valence electrons. The van der Waals surface area contributed by atoms with E-state index < -0.39 is 0 Å². The van der Waals surface area contributed by atoms with E-state index in [-0.39, 0.29) is 12.4 Å². The molecule has 6 nitrogen and oxygen atoms in total. The van der Waals surface area contributed by atoms with Crippen molar-refractivity contribution in [2.24, 2.45) is 0 Å². The number of nitrogens with zero attached hydrogens (tertiary/aromatic N) is 4. The Kier molecular flexibility index (Phi) is 5.29. The van der Waals surface area contributed by atoms with Gasteiger partial charge in [0.1, 0.15) is 5.82 Å². The van der Waals surface area contributed by atoms with E-state index >= 15 is 0 Å². The number of ether oxygens (including phenoxy) is 1. The lowest BCUT2D eigenvalue weighted by Gasteiger charge is -2.27. The number of hydrogen-bond acceptors (Lipinski definition) is 5. The summed E-state index contributed by atoms with van der Waals surface area (Å²) < 4.78 is 22.2. The summed E-state index contributed by atoms with van der Waals surface area (Å²) in [5, 5.41) is 14.6. The normalized spacial score (nSPS) is 14.9. The molecule has 0 spiro atoms. The molecule has 3 heterocycles. The lowest BCUT2D eigenvalue weighted by molar-refractivity contribution is 0.122. The van der Waals surface area contributed by atoms with E-state index in [0.717, 1.165) is 33.7 Å². The smallest absolute Gasteiger partial charge is 0.167 e. The van der Waals surface area contributed by atoms with Crippen molar-refractivity contribution in [1.82, 2.24) is 14.6 Å². The maximum atomic E-state index is 14.0. The molecule has 1 fully saturated rings. The molecule has 1 saturated heterocycles. The molecule has 0 aliphatic carbocycles. The average Bonchev–Trinajstić information content (AvgIpc) is 3.04. The van der Waals surface area contributed by atoms with Crippen molar-refractivity contribution in [2.75, 3.05) is 31.2 Å². The highest BCUT2D eigenvalue weighted by molar-refractivity contribution is 14.1. The molecule has 1 aliphatic rings. The molecule has 0 bridgehead atoms. The Labute approximate surface area is 170 Å². The van der Waals surface area contributed by atoms with Crippen molar-refractivity contribution in [3.8, 4) is 0 Å². The number of aliphatic hydroxyl groups excluding tert-OH is 1. The zero-order valence-electron chi connectivity index (χ0n) is 15.0. The van der Waals surface area contributed by atoms with Crippen LogP contribution in [0.5, 0.6) is 0 Å². The Hall–Kier alpha value is -1.78. The van der Waals surface area contributed by atoms with Crippen molar-refractivity contribution in [1.29, 1.82) is 0 Å². The van der Waals surface area contributed by atoms with Crippen LogP contribution in [0, 0.1) is 16.3 Å². The number of aliphatic hydroxyl groups is 1. The quantitative estimate of drug-likeness (QED) is 0.580. The van der Waals surface area contributed by atoms with Crippen LogP contribution in [0.15, 0.2) is 24.3 Å². The first kappa shape index (κ1) is 18.6. The van der Waals surface area contributed by atoms with E-state index in [4.69, 9.17) is 9.84 Å². The van der Waals surface area contributed by atoms with Crippen molar-refractivity contribution in [2.45, 2.75) is 20.0 Å². The number of hydrogen-bond donors (Lipinski definition) is 1. The van der Waals surface area contributed by atoms with Crippen LogP contribution in [0.4, 0.5) is 10.2 Å². The minimum absolute atomic E-state index is 0.184. The van der Waals surface area contributed by atoms with Gasteiger partial charge in [-0.2, -0.15) is 0 Å². The van der Waals surface area contributed by atoms with Gasteiger partial charge in [0.25, 0.3) is 0 Å². The molecule has 8 heteroatoms. The van der Waals surface area contributed by atoms with Crippen LogP contribution in [0.2, 0.25) is 0 Å². The third kappa shape index (κ3) is 3.53.